The summed E-state index contributed by atoms with van der Waals surface area (Å²) in [6.07, 6.45) is 0. The minimum absolute atomic E-state index is 0.134. The molecule has 0 atom stereocenters. The van der Waals surface area contributed by atoms with Crippen LogP contribution < -0.4 is 0 Å². The summed E-state index contributed by atoms with van der Waals surface area (Å²) in [6.45, 7) is 4.76. The third kappa shape index (κ3) is 5.41. The van der Waals surface area contributed by atoms with Crippen LogP contribution in [0, 0.1) is 0 Å². The topological polar surface area (TPSA) is 38.7 Å². The van der Waals surface area contributed by atoms with Gasteiger partial charge in [0.2, 0.25) is 0 Å². The molecule has 1 spiro atoms. The average molecular weight is 792 g/mol. The van der Waals surface area contributed by atoms with Crippen molar-refractivity contribution in [1.29, 1.82) is 0 Å². The molecule has 0 saturated carbocycles. The van der Waals surface area contributed by atoms with Crippen LogP contribution in [0.1, 0.15) is 47.2 Å². The molecule has 0 N–H and O–H groups in total. The minimum atomic E-state index is -0.429. The Morgan fingerprint density at radius 1 is 0.290 bits per heavy atom. The zero-order chi connectivity index (χ0) is 41.4. The number of aromatic nitrogens is 3. The lowest BCUT2D eigenvalue weighted by Gasteiger charge is -2.46. The highest BCUT2D eigenvalue weighted by Gasteiger charge is 2.53. The second-order valence-corrected chi connectivity index (χ2v) is 17.1. The summed E-state index contributed by atoms with van der Waals surface area (Å²) in [5, 5.41) is 2.39. The fraction of sp³-hybridized carbons (Fsp3) is 0.0678. The van der Waals surface area contributed by atoms with Crippen LogP contribution in [-0.4, -0.2) is 15.0 Å². The van der Waals surface area contributed by atoms with Crippen LogP contribution in [0.2, 0.25) is 0 Å². The molecule has 3 heteroatoms. The van der Waals surface area contributed by atoms with E-state index in [1.165, 1.54) is 66.4 Å². The number of nitrogens with zero attached hydrogens (tertiary/aromatic N) is 3. The van der Waals surface area contributed by atoms with Gasteiger partial charge in [0.05, 0.1) is 5.41 Å². The third-order valence-electron chi connectivity index (χ3n) is 13.4. The van der Waals surface area contributed by atoms with E-state index < -0.39 is 5.41 Å². The zero-order valence-corrected chi connectivity index (χ0v) is 34.5. The monoisotopic (exact) mass is 791 g/mol. The van der Waals surface area contributed by atoms with Crippen LogP contribution in [0.3, 0.4) is 0 Å². The number of hydrogen-bond acceptors (Lipinski definition) is 3. The van der Waals surface area contributed by atoms with Crippen molar-refractivity contribution in [3.05, 3.63) is 246 Å². The molecule has 1 aromatic heterocycles. The first-order valence-corrected chi connectivity index (χ1v) is 21.4. The van der Waals surface area contributed by atoms with E-state index in [0.29, 0.717) is 17.5 Å². The molecular weight excluding hydrogens is 751 g/mol. The molecule has 0 bridgehead atoms. The smallest absolute Gasteiger partial charge is 0.164 e. The Bertz CT molecular complexity index is 3280. The standard InChI is InChI=1S/C59H41N3/c1-58(2)49-26-11-13-28-51(49)59(52-29-14-12-27-50(52)58)48-25-10-9-23-47(48)54-46(24-16-30-53(54)59)43-34-32-38-31-33-42(36-45(38)37-43)41-21-15-22-44(35-41)57-61-55(39-17-5-3-6-18-39)60-56(62-57)40-19-7-4-8-20-40/h3-37H,1-2H3. The van der Waals surface area contributed by atoms with Crippen molar-refractivity contribution in [2.75, 3.05) is 0 Å². The summed E-state index contributed by atoms with van der Waals surface area (Å²) in [6, 6.07) is 77.0. The molecule has 0 aliphatic heterocycles. The van der Waals surface area contributed by atoms with Crippen LogP contribution in [-0.2, 0) is 10.8 Å². The van der Waals surface area contributed by atoms with Gasteiger partial charge in [-0.1, -0.05) is 208 Å². The lowest BCUT2D eigenvalue weighted by Crippen LogP contribution is -2.40. The number of fused-ring (bicyclic) bond motifs is 10. The van der Waals surface area contributed by atoms with Crippen molar-refractivity contribution in [2.45, 2.75) is 24.7 Å². The van der Waals surface area contributed by atoms with E-state index in [9.17, 15) is 0 Å². The largest absolute Gasteiger partial charge is 0.208 e. The molecule has 12 rings (SSSR count). The second-order valence-electron chi connectivity index (χ2n) is 17.1. The van der Waals surface area contributed by atoms with Gasteiger partial charge in [-0.2, -0.15) is 0 Å². The molecule has 2 aliphatic rings. The molecule has 0 unspecified atom stereocenters. The normalized spacial score (nSPS) is 13.9. The minimum Gasteiger partial charge on any atom is -0.208 e. The summed E-state index contributed by atoms with van der Waals surface area (Å²) in [7, 11) is 0. The molecule has 3 nitrogen and oxygen atoms in total. The molecule has 0 radical (unpaired) electrons. The van der Waals surface area contributed by atoms with E-state index in [1.807, 2.05) is 60.7 Å². The SMILES string of the molecule is CC1(C)c2ccccc2C2(c3ccccc3-c3c(-c4ccc5ccc(-c6cccc(-c7nc(-c8ccccc8)nc(-c8ccccc8)n7)c6)cc5c4)cccc32)c2ccccc21. The lowest BCUT2D eigenvalue weighted by molar-refractivity contribution is 0.563. The quantitative estimate of drug-likeness (QED) is 0.174. The Kier molecular flexibility index (Phi) is 8.10. The molecule has 2 aliphatic carbocycles. The van der Waals surface area contributed by atoms with E-state index in [4.69, 9.17) is 15.0 Å². The molecular formula is C59H41N3. The number of hydrogen-bond donors (Lipinski definition) is 0. The van der Waals surface area contributed by atoms with E-state index in [1.54, 1.807) is 0 Å². The molecule has 10 aromatic rings. The molecule has 9 aromatic carbocycles. The van der Waals surface area contributed by atoms with E-state index in [0.717, 1.165) is 27.8 Å². The van der Waals surface area contributed by atoms with Crippen LogP contribution in [0.5, 0.6) is 0 Å². The van der Waals surface area contributed by atoms with Gasteiger partial charge in [0.15, 0.2) is 17.5 Å². The van der Waals surface area contributed by atoms with Gasteiger partial charge in [-0.15, -0.1) is 0 Å². The lowest BCUT2D eigenvalue weighted by atomic mass is 9.55. The fourth-order valence-electron chi connectivity index (χ4n) is 10.5. The third-order valence-corrected chi connectivity index (χ3v) is 13.4. The highest BCUT2D eigenvalue weighted by Crippen LogP contribution is 2.63. The van der Waals surface area contributed by atoms with Crippen LogP contribution in [0.4, 0.5) is 0 Å². The predicted octanol–water partition coefficient (Wildman–Crippen LogP) is 14.4. The summed E-state index contributed by atoms with van der Waals surface area (Å²) in [5.41, 5.74) is 17.8. The Hall–Kier alpha value is -7.75. The first-order chi connectivity index (χ1) is 30.5. The first kappa shape index (κ1) is 36.1. The molecule has 62 heavy (non-hydrogen) atoms. The van der Waals surface area contributed by atoms with Gasteiger partial charge in [0.25, 0.3) is 0 Å². The van der Waals surface area contributed by atoms with Gasteiger partial charge >= 0.3 is 0 Å². The van der Waals surface area contributed by atoms with Crippen LogP contribution in [0.25, 0.3) is 78.3 Å². The second kappa shape index (κ2) is 13.9. The van der Waals surface area contributed by atoms with Gasteiger partial charge in [-0.25, -0.2) is 15.0 Å². The highest BCUT2D eigenvalue weighted by molar-refractivity contribution is 5.99. The van der Waals surface area contributed by atoms with Gasteiger partial charge in [-0.05, 0) is 95.7 Å². The first-order valence-electron chi connectivity index (χ1n) is 21.4. The Morgan fingerprint density at radius 2 is 0.726 bits per heavy atom. The number of benzene rings is 9. The fourth-order valence-corrected chi connectivity index (χ4v) is 10.5. The summed E-state index contributed by atoms with van der Waals surface area (Å²) in [4.78, 5) is 14.9. The van der Waals surface area contributed by atoms with Crippen molar-refractivity contribution in [3.8, 4) is 67.5 Å². The Balaban J connectivity index is 0.987. The Morgan fingerprint density at radius 3 is 1.37 bits per heavy atom. The summed E-state index contributed by atoms with van der Waals surface area (Å²) >= 11 is 0. The molecule has 0 saturated heterocycles. The maximum Gasteiger partial charge on any atom is 0.164 e. The van der Waals surface area contributed by atoms with Gasteiger partial charge in [-0.3, -0.25) is 0 Å². The molecule has 1 heterocycles. The van der Waals surface area contributed by atoms with Gasteiger partial charge < -0.3 is 0 Å². The summed E-state index contributed by atoms with van der Waals surface area (Å²) in [5.74, 6) is 1.95. The van der Waals surface area contributed by atoms with Crippen LogP contribution >= 0.6 is 0 Å². The van der Waals surface area contributed by atoms with E-state index >= 15 is 0 Å². The molecule has 0 fully saturated rings. The number of rotatable bonds is 5. The zero-order valence-electron chi connectivity index (χ0n) is 34.5. The molecule has 0 amide bonds. The van der Waals surface area contributed by atoms with Crippen molar-refractivity contribution in [2.24, 2.45) is 0 Å². The van der Waals surface area contributed by atoms with Gasteiger partial charge in [0, 0.05) is 22.1 Å². The van der Waals surface area contributed by atoms with Crippen molar-refractivity contribution < 1.29 is 0 Å². The van der Waals surface area contributed by atoms with Crippen molar-refractivity contribution in [1.82, 2.24) is 15.0 Å². The van der Waals surface area contributed by atoms with Crippen molar-refractivity contribution in [3.63, 3.8) is 0 Å². The molecule has 292 valence electrons. The van der Waals surface area contributed by atoms with Crippen LogP contribution in [0.15, 0.2) is 212 Å². The maximum absolute atomic E-state index is 5.02. The maximum atomic E-state index is 5.02. The Labute approximate surface area is 362 Å². The van der Waals surface area contributed by atoms with Gasteiger partial charge in [0.1, 0.15) is 0 Å². The highest BCUT2D eigenvalue weighted by atomic mass is 15.0. The van der Waals surface area contributed by atoms with E-state index in [-0.39, 0.29) is 5.41 Å². The summed E-state index contributed by atoms with van der Waals surface area (Å²) < 4.78 is 0. The predicted molar refractivity (Wildman–Crippen MR) is 254 cm³/mol. The van der Waals surface area contributed by atoms with Crippen molar-refractivity contribution >= 4 is 10.8 Å². The van der Waals surface area contributed by atoms with E-state index in [2.05, 4.69) is 166 Å². The average Bonchev–Trinajstić information content (AvgIpc) is 3.64.